The summed E-state index contributed by atoms with van der Waals surface area (Å²) in [4.78, 5) is 14.4. The average molecular weight is 359 g/mol. The SMILES string of the molecule is CN(CC1(c2ccc(Br)cc2)CC1)C(=O)c1cccc(N)c1. The van der Waals surface area contributed by atoms with Crippen molar-refractivity contribution in [2.24, 2.45) is 0 Å². The number of nitrogen functional groups attached to an aromatic ring is 1. The Bertz CT molecular complexity index is 692. The molecule has 0 aromatic heterocycles. The van der Waals surface area contributed by atoms with E-state index in [0.29, 0.717) is 11.3 Å². The summed E-state index contributed by atoms with van der Waals surface area (Å²) >= 11 is 3.47. The van der Waals surface area contributed by atoms with Crippen LogP contribution in [0, 0.1) is 0 Å². The lowest BCUT2D eigenvalue weighted by Crippen LogP contribution is -2.34. The van der Waals surface area contributed by atoms with Crippen LogP contribution in [0.4, 0.5) is 5.69 Å². The fraction of sp³-hybridized carbons (Fsp3) is 0.278. The molecule has 114 valence electrons. The molecule has 0 radical (unpaired) electrons. The predicted molar refractivity (Wildman–Crippen MR) is 92.9 cm³/mol. The Kier molecular flexibility index (Phi) is 3.96. The van der Waals surface area contributed by atoms with Gasteiger partial charge in [0.2, 0.25) is 0 Å². The van der Waals surface area contributed by atoms with Gasteiger partial charge in [-0.15, -0.1) is 0 Å². The lowest BCUT2D eigenvalue weighted by molar-refractivity contribution is 0.0781. The molecular weight excluding hydrogens is 340 g/mol. The van der Waals surface area contributed by atoms with Gasteiger partial charge in [0.25, 0.3) is 5.91 Å². The number of hydrogen-bond donors (Lipinski definition) is 1. The van der Waals surface area contributed by atoms with Crippen molar-refractivity contribution in [1.29, 1.82) is 0 Å². The van der Waals surface area contributed by atoms with Crippen LogP contribution in [-0.4, -0.2) is 24.4 Å². The van der Waals surface area contributed by atoms with Crippen LogP contribution in [-0.2, 0) is 5.41 Å². The minimum absolute atomic E-state index is 0.0238. The Labute approximate surface area is 139 Å². The van der Waals surface area contributed by atoms with Gasteiger partial charge in [0, 0.05) is 34.7 Å². The Morgan fingerprint density at radius 2 is 1.91 bits per heavy atom. The van der Waals surface area contributed by atoms with Gasteiger partial charge in [0.15, 0.2) is 0 Å². The summed E-state index contributed by atoms with van der Waals surface area (Å²) in [6, 6.07) is 15.6. The maximum atomic E-state index is 12.6. The zero-order valence-corrected chi connectivity index (χ0v) is 14.1. The van der Waals surface area contributed by atoms with E-state index in [2.05, 4.69) is 40.2 Å². The predicted octanol–water partition coefficient (Wildman–Crippen LogP) is 3.84. The first-order valence-corrected chi connectivity index (χ1v) is 8.17. The highest BCUT2D eigenvalue weighted by Gasteiger charge is 2.45. The molecule has 1 aliphatic rings. The summed E-state index contributed by atoms with van der Waals surface area (Å²) in [5.74, 6) is 0.0238. The lowest BCUT2D eigenvalue weighted by Gasteiger charge is -2.24. The third-order valence-corrected chi connectivity index (χ3v) is 4.86. The first-order valence-electron chi connectivity index (χ1n) is 7.37. The second-order valence-electron chi connectivity index (χ2n) is 6.07. The molecule has 0 bridgehead atoms. The maximum Gasteiger partial charge on any atom is 0.253 e. The number of likely N-dealkylation sites (N-methyl/N-ethyl adjacent to an activating group) is 1. The van der Waals surface area contributed by atoms with Crippen LogP contribution < -0.4 is 5.73 Å². The summed E-state index contributed by atoms with van der Waals surface area (Å²) in [5, 5.41) is 0. The molecule has 4 heteroatoms. The fourth-order valence-corrected chi connectivity index (χ4v) is 3.17. The summed E-state index contributed by atoms with van der Waals surface area (Å²) in [5.41, 5.74) is 8.46. The van der Waals surface area contributed by atoms with E-state index in [4.69, 9.17) is 5.73 Å². The van der Waals surface area contributed by atoms with Gasteiger partial charge in [-0.05, 0) is 48.7 Å². The Morgan fingerprint density at radius 1 is 1.23 bits per heavy atom. The Balaban J connectivity index is 1.75. The third kappa shape index (κ3) is 3.02. The van der Waals surface area contributed by atoms with Crippen LogP contribution in [0.5, 0.6) is 0 Å². The number of carbonyl (C=O) groups excluding carboxylic acids is 1. The lowest BCUT2D eigenvalue weighted by atomic mass is 9.95. The van der Waals surface area contributed by atoms with E-state index >= 15 is 0 Å². The molecule has 0 heterocycles. The fourth-order valence-electron chi connectivity index (χ4n) is 2.91. The highest BCUT2D eigenvalue weighted by Crippen LogP contribution is 2.48. The van der Waals surface area contributed by atoms with Gasteiger partial charge < -0.3 is 10.6 Å². The van der Waals surface area contributed by atoms with E-state index in [-0.39, 0.29) is 11.3 Å². The molecule has 3 rings (SSSR count). The molecule has 0 atom stereocenters. The number of carbonyl (C=O) groups is 1. The number of benzene rings is 2. The number of hydrogen-bond acceptors (Lipinski definition) is 2. The second kappa shape index (κ2) is 5.76. The first-order chi connectivity index (χ1) is 10.5. The van der Waals surface area contributed by atoms with Crippen LogP contribution in [0.2, 0.25) is 0 Å². The number of amides is 1. The minimum atomic E-state index is 0.0238. The van der Waals surface area contributed by atoms with Crippen molar-refractivity contribution in [3.8, 4) is 0 Å². The summed E-state index contributed by atoms with van der Waals surface area (Å²) in [6.07, 6.45) is 2.26. The van der Waals surface area contributed by atoms with Crippen molar-refractivity contribution in [3.63, 3.8) is 0 Å². The van der Waals surface area contributed by atoms with E-state index in [1.165, 1.54) is 5.56 Å². The van der Waals surface area contributed by atoms with Gasteiger partial charge in [-0.25, -0.2) is 0 Å². The number of rotatable bonds is 4. The highest BCUT2D eigenvalue weighted by atomic mass is 79.9. The Hall–Kier alpha value is -1.81. The molecule has 2 aromatic rings. The second-order valence-corrected chi connectivity index (χ2v) is 6.99. The smallest absolute Gasteiger partial charge is 0.253 e. The van der Waals surface area contributed by atoms with E-state index < -0.39 is 0 Å². The van der Waals surface area contributed by atoms with Crippen molar-refractivity contribution in [2.75, 3.05) is 19.3 Å². The van der Waals surface area contributed by atoms with Crippen LogP contribution in [0.15, 0.2) is 53.0 Å². The summed E-state index contributed by atoms with van der Waals surface area (Å²) in [7, 11) is 1.87. The molecule has 0 spiro atoms. The molecule has 1 aliphatic carbocycles. The number of nitrogens with two attached hydrogens (primary N) is 1. The van der Waals surface area contributed by atoms with Crippen LogP contribution in [0.3, 0.4) is 0 Å². The molecule has 2 N–H and O–H groups in total. The zero-order chi connectivity index (χ0) is 15.7. The van der Waals surface area contributed by atoms with Crippen molar-refractivity contribution in [2.45, 2.75) is 18.3 Å². The molecule has 0 aliphatic heterocycles. The van der Waals surface area contributed by atoms with E-state index in [9.17, 15) is 4.79 Å². The molecule has 1 amide bonds. The minimum Gasteiger partial charge on any atom is -0.399 e. The monoisotopic (exact) mass is 358 g/mol. The molecule has 1 saturated carbocycles. The van der Waals surface area contributed by atoms with Crippen LogP contribution >= 0.6 is 15.9 Å². The molecule has 0 saturated heterocycles. The first kappa shape index (κ1) is 15.1. The van der Waals surface area contributed by atoms with Gasteiger partial charge in [-0.3, -0.25) is 4.79 Å². The number of nitrogens with zero attached hydrogens (tertiary/aromatic N) is 1. The topological polar surface area (TPSA) is 46.3 Å². The largest absolute Gasteiger partial charge is 0.399 e. The van der Waals surface area contributed by atoms with Crippen molar-refractivity contribution < 1.29 is 4.79 Å². The van der Waals surface area contributed by atoms with Crippen LogP contribution in [0.1, 0.15) is 28.8 Å². The maximum absolute atomic E-state index is 12.6. The van der Waals surface area contributed by atoms with Gasteiger partial charge >= 0.3 is 0 Å². The number of halogens is 1. The third-order valence-electron chi connectivity index (χ3n) is 4.33. The quantitative estimate of drug-likeness (QED) is 0.844. The van der Waals surface area contributed by atoms with E-state index in [0.717, 1.165) is 23.9 Å². The zero-order valence-electron chi connectivity index (χ0n) is 12.6. The molecule has 2 aromatic carbocycles. The average Bonchev–Trinajstić information content (AvgIpc) is 3.27. The summed E-state index contributed by atoms with van der Waals surface area (Å²) in [6.45, 7) is 0.738. The van der Waals surface area contributed by atoms with E-state index in [1.807, 2.05) is 24.1 Å². The number of anilines is 1. The molecular formula is C18H19BrN2O. The molecule has 22 heavy (non-hydrogen) atoms. The van der Waals surface area contributed by atoms with Gasteiger partial charge in [0.05, 0.1) is 0 Å². The van der Waals surface area contributed by atoms with Crippen molar-refractivity contribution >= 4 is 27.5 Å². The standard InChI is InChI=1S/C18H19BrN2O/c1-21(17(22)13-3-2-4-16(20)11-13)12-18(9-10-18)14-5-7-15(19)8-6-14/h2-8,11H,9-10,12,20H2,1H3. The highest BCUT2D eigenvalue weighted by molar-refractivity contribution is 9.10. The van der Waals surface area contributed by atoms with Crippen LogP contribution in [0.25, 0.3) is 0 Å². The van der Waals surface area contributed by atoms with Gasteiger partial charge in [-0.1, -0.05) is 34.1 Å². The van der Waals surface area contributed by atoms with Gasteiger partial charge in [-0.2, -0.15) is 0 Å². The summed E-state index contributed by atoms with van der Waals surface area (Å²) < 4.78 is 1.08. The molecule has 0 unspecified atom stereocenters. The molecule has 3 nitrogen and oxygen atoms in total. The van der Waals surface area contributed by atoms with Crippen molar-refractivity contribution in [1.82, 2.24) is 4.90 Å². The van der Waals surface area contributed by atoms with Crippen molar-refractivity contribution in [3.05, 3.63) is 64.1 Å². The van der Waals surface area contributed by atoms with E-state index in [1.54, 1.807) is 12.1 Å². The van der Waals surface area contributed by atoms with Gasteiger partial charge in [0.1, 0.15) is 0 Å². The Morgan fingerprint density at radius 3 is 2.50 bits per heavy atom. The normalized spacial score (nSPS) is 15.4. The molecule has 1 fully saturated rings.